The molecule has 0 radical (unpaired) electrons. The van der Waals surface area contributed by atoms with Crippen molar-refractivity contribution in [2.45, 2.75) is 44.9 Å². The van der Waals surface area contributed by atoms with E-state index in [1.54, 1.807) is 0 Å². The summed E-state index contributed by atoms with van der Waals surface area (Å²) in [4.78, 5) is 2.34. The smallest absolute Gasteiger partial charge is 0.0541 e. The number of hydrogen-bond acceptors (Lipinski definition) is 1. The number of anilines is 2. The number of allylic oxidation sites excluding steroid dienone is 4. The van der Waals surface area contributed by atoms with Crippen LogP contribution in [-0.4, -0.2) is 4.57 Å². The van der Waals surface area contributed by atoms with Gasteiger partial charge in [0.25, 0.3) is 0 Å². The minimum atomic E-state index is -0.0856. The molecule has 0 N–H and O–H groups in total. The summed E-state index contributed by atoms with van der Waals surface area (Å²) in [5, 5.41) is 2.52. The van der Waals surface area contributed by atoms with Crippen LogP contribution in [0.3, 0.4) is 0 Å². The van der Waals surface area contributed by atoms with E-state index in [2.05, 4.69) is 214 Å². The summed E-state index contributed by atoms with van der Waals surface area (Å²) in [6.07, 6.45) is 9.45. The van der Waals surface area contributed by atoms with Gasteiger partial charge in [-0.05, 0) is 128 Å². The second-order valence-electron chi connectivity index (χ2n) is 17.0. The molecule has 2 heteroatoms. The molecule has 0 spiro atoms. The molecule has 0 atom stereocenters. The van der Waals surface area contributed by atoms with E-state index in [0.29, 0.717) is 0 Å². The third-order valence-electron chi connectivity index (χ3n) is 13.1. The molecule has 3 aliphatic rings. The van der Waals surface area contributed by atoms with E-state index in [4.69, 9.17) is 0 Å². The number of aromatic nitrogens is 1. The van der Waals surface area contributed by atoms with Crippen molar-refractivity contribution in [1.82, 2.24) is 4.57 Å². The molecular formula is C55H44N2. The standard InChI is InChI=1S/C55H44N2/c1-35-15-7-6-8-16-38-31-36(23-29-51(38)56(35)39-25-27-43-41-17-9-12-20-47(41)54(2,3)49(43)33-39)37-24-30-53-46(32-37)45-19-11-14-22-52(45)57(53)40-26-28-44-42-18-10-13-21-48(42)55(4,5)50(44)34-40/h6-15,17-34H,1,16H2,2-5H3/b8-6-,15-7-. The molecule has 8 aromatic rings. The van der Waals surface area contributed by atoms with E-state index in [0.717, 1.165) is 23.5 Å². The monoisotopic (exact) mass is 732 g/mol. The van der Waals surface area contributed by atoms with Gasteiger partial charge in [0.1, 0.15) is 0 Å². The minimum absolute atomic E-state index is 0.0621. The number of benzene rings is 7. The highest BCUT2D eigenvalue weighted by Gasteiger charge is 2.37. The first-order chi connectivity index (χ1) is 27.7. The topological polar surface area (TPSA) is 8.17 Å². The summed E-state index contributed by atoms with van der Waals surface area (Å²) >= 11 is 0. The van der Waals surface area contributed by atoms with Crippen molar-refractivity contribution in [1.29, 1.82) is 0 Å². The zero-order valence-corrected chi connectivity index (χ0v) is 33.0. The van der Waals surface area contributed by atoms with Gasteiger partial charge in [-0.2, -0.15) is 0 Å². The second-order valence-corrected chi connectivity index (χ2v) is 17.0. The maximum Gasteiger partial charge on any atom is 0.0541 e. The van der Waals surface area contributed by atoms with E-state index in [1.165, 1.54) is 88.7 Å². The van der Waals surface area contributed by atoms with Crippen molar-refractivity contribution in [3.8, 4) is 39.1 Å². The third-order valence-corrected chi connectivity index (χ3v) is 13.1. The average molecular weight is 733 g/mol. The van der Waals surface area contributed by atoms with Gasteiger partial charge in [-0.3, -0.25) is 0 Å². The highest BCUT2D eigenvalue weighted by molar-refractivity contribution is 6.10. The van der Waals surface area contributed by atoms with Gasteiger partial charge in [0.15, 0.2) is 0 Å². The van der Waals surface area contributed by atoms with Gasteiger partial charge in [-0.15, -0.1) is 0 Å². The molecule has 1 aromatic heterocycles. The number of para-hydroxylation sites is 1. The Kier molecular flexibility index (Phi) is 7.20. The first-order valence-corrected chi connectivity index (χ1v) is 20.2. The van der Waals surface area contributed by atoms with Crippen molar-refractivity contribution in [3.05, 3.63) is 210 Å². The SMILES string of the molecule is C=C1/C=C\C=C/Cc2cc(-c3ccc4c(c3)c3ccccc3n4-c3ccc4c(c3)C(C)(C)c3ccccc3-4)ccc2N1c1ccc2c(c1)C(C)(C)c1ccccc1-2. The van der Waals surface area contributed by atoms with E-state index < -0.39 is 0 Å². The van der Waals surface area contributed by atoms with Crippen molar-refractivity contribution in [3.63, 3.8) is 0 Å². The maximum atomic E-state index is 4.59. The van der Waals surface area contributed by atoms with Gasteiger partial charge >= 0.3 is 0 Å². The lowest BCUT2D eigenvalue weighted by Gasteiger charge is -2.30. The van der Waals surface area contributed by atoms with Gasteiger partial charge in [0.2, 0.25) is 0 Å². The third kappa shape index (κ3) is 4.90. The van der Waals surface area contributed by atoms with Crippen LogP contribution in [-0.2, 0) is 17.3 Å². The Balaban J connectivity index is 1.02. The van der Waals surface area contributed by atoms with Crippen LogP contribution in [0.2, 0.25) is 0 Å². The summed E-state index contributed by atoms with van der Waals surface area (Å²) in [5.41, 5.74) is 21.3. The number of fused-ring (bicyclic) bond motifs is 10. The van der Waals surface area contributed by atoms with Crippen LogP contribution in [0.25, 0.3) is 60.9 Å². The van der Waals surface area contributed by atoms with Crippen molar-refractivity contribution >= 4 is 33.2 Å². The fourth-order valence-electron chi connectivity index (χ4n) is 10.2. The van der Waals surface area contributed by atoms with Crippen LogP contribution in [0.5, 0.6) is 0 Å². The molecule has 2 aliphatic carbocycles. The lowest BCUT2D eigenvalue weighted by atomic mass is 9.82. The summed E-state index contributed by atoms with van der Waals surface area (Å²) in [5.74, 6) is 0. The number of hydrogen-bond donors (Lipinski definition) is 0. The van der Waals surface area contributed by atoms with Crippen molar-refractivity contribution in [2.24, 2.45) is 0 Å². The van der Waals surface area contributed by atoms with Gasteiger partial charge in [-0.1, -0.05) is 143 Å². The Morgan fingerprint density at radius 1 is 0.491 bits per heavy atom. The molecule has 0 amide bonds. The second kappa shape index (κ2) is 12.2. The van der Waals surface area contributed by atoms with Crippen LogP contribution in [0.1, 0.15) is 55.5 Å². The van der Waals surface area contributed by atoms with Crippen LogP contribution in [0.4, 0.5) is 11.4 Å². The predicted molar refractivity (Wildman–Crippen MR) is 241 cm³/mol. The maximum absolute atomic E-state index is 4.59. The van der Waals surface area contributed by atoms with Gasteiger partial charge in [-0.25, -0.2) is 0 Å². The van der Waals surface area contributed by atoms with Crippen LogP contribution in [0, 0.1) is 0 Å². The van der Waals surface area contributed by atoms with E-state index in [1.807, 2.05) is 0 Å². The highest BCUT2D eigenvalue weighted by Crippen LogP contribution is 2.52. The molecule has 0 fully saturated rings. The van der Waals surface area contributed by atoms with Gasteiger partial charge in [0, 0.05) is 44.4 Å². The Bertz CT molecular complexity index is 3070. The molecule has 2 nitrogen and oxygen atoms in total. The summed E-state index contributed by atoms with van der Waals surface area (Å²) in [6, 6.07) is 54.6. The van der Waals surface area contributed by atoms with Gasteiger partial charge in [0.05, 0.1) is 11.0 Å². The molecule has 0 saturated heterocycles. The van der Waals surface area contributed by atoms with E-state index >= 15 is 0 Å². The lowest BCUT2D eigenvalue weighted by Crippen LogP contribution is -2.18. The van der Waals surface area contributed by atoms with E-state index in [9.17, 15) is 0 Å². The zero-order chi connectivity index (χ0) is 38.6. The fraction of sp³-hybridized carbons (Fsp3) is 0.127. The molecule has 0 bridgehead atoms. The number of rotatable bonds is 3. The summed E-state index contributed by atoms with van der Waals surface area (Å²) in [6.45, 7) is 14.0. The Morgan fingerprint density at radius 3 is 1.81 bits per heavy atom. The van der Waals surface area contributed by atoms with Crippen molar-refractivity contribution in [2.75, 3.05) is 4.90 Å². The Labute approximate surface area is 335 Å². The molecule has 1 aliphatic heterocycles. The Hall–Kier alpha value is -6.64. The normalized spacial score (nSPS) is 16.9. The van der Waals surface area contributed by atoms with Crippen LogP contribution >= 0.6 is 0 Å². The summed E-state index contributed by atoms with van der Waals surface area (Å²) < 4.78 is 2.45. The largest absolute Gasteiger partial charge is 0.311 e. The predicted octanol–water partition coefficient (Wildman–Crippen LogP) is 14.4. The minimum Gasteiger partial charge on any atom is -0.311 e. The first-order valence-electron chi connectivity index (χ1n) is 20.2. The first kappa shape index (κ1) is 33.7. The quantitative estimate of drug-likeness (QED) is 0.176. The molecule has 11 rings (SSSR count). The lowest BCUT2D eigenvalue weighted by molar-refractivity contribution is 0.660. The summed E-state index contributed by atoms with van der Waals surface area (Å²) in [7, 11) is 0. The van der Waals surface area contributed by atoms with Crippen molar-refractivity contribution < 1.29 is 0 Å². The number of nitrogens with zero attached hydrogens (tertiary/aromatic N) is 2. The van der Waals surface area contributed by atoms with Gasteiger partial charge < -0.3 is 9.47 Å². The fourth-order valence-corrected chi connectivity index (χ4v) is 10.2. The molecule has 0 saturated carbocycles. The molecule has 7 aromatic carbocycles. The van der Waals surface area contributed by atoms with Crippen LogP contribution < -0.4 is 4.90 Å². The highest BCUT2D eigenvalue weighted by atomic mass is 15.1. The Morgan fingerprint density at radius 2 is 1.07 bits per heavy atom. The molecular weight excluding hydrogens is 689 g/mol. The zero-order valence-electron chi connectivity index (χ0n) is 33.0. The molecule has 274 valence electrons. The van der Waals surface area contributed by atoms with Crippen LogP contribution in [0.15, 0.2) is 182 Å². The molecule has 2 heterocycles. The average Bonchev–Trinajstić information content (AvgIpc) is 3.79. The molecule has 57 heavy (non-hydrogen) atoms. The molecule has 0 unspecified atom stereocenters. The van der Waals surface area contributed by atoms with E-state index in [-0.39, 0.29) is 10.8 Å².